The molecular formula is C8H16NO9P. The van der Waals surface area contributed by atoms with E-state index in [0.717, 1.165) is 6.92 Å². The van der Waals surface area contributed by atoms with E-state index >= 15 is 0 Å². The van der Waals surface area contributed by atoms with Crippen LogP contribution in [0.3, 0.4) is 0 Å². The summed E-state index contributed by atoms with van der Waals surface area (Å²) in [5.41, 5.74) is 5.20. The van der Waals surface area contributed by atoms with Gasteiger partial charge in [0.15, 0.2) is 5.78 Å². The Labute approximate surface area is 108 Å². The molecule has 0 aliphatic carbocycles. The van der Waals surface area contributed by atoms with Crippen LogP contribution in [0.1, 0.15) is 6.92 Å². The number of nitrogens with two attached hydrogens (primary N) is 1. The molecule has 112 valence electrons. The van der Waals surface area contributed by atoms with Gasteiger partial charge < -0.3 is 30.8 Å². The summed E-state index contributed by atoms with van der Waals surface area (Å²) in [4.78, 5) is 38.6. The third-order valence-corrected chi connectivity index (χ3v) is 2.66. The average molecular weight is 301 g/mol. The minimum atomic E-state index is -4.85. The molecule has 0 saturated heterocycles. The minimum absolute atomic E-state index is 0.911. The first-order valence-electron chi connectivity index (χ1n) is 5.02. The third kappa shape index (κ3) is 6.32. The van der Waals surface area contributed by atoms with Crippen LogP contribution in [0.25, 0.3) is 0 Å². The fraction of sp³-hybridized carbons (Fsp3) is 0.750. The molecule has 0 spiro atoms. The SMILES string of the molecule is CC(=O)C(=O)[C@H](N)[C@@H](O)[C@H](O)[C@H](O)COP(=O)(O)O. The summed E-state index contributed by atoms with van der Waals surface area (Å²) in [5.74, 6) is -2.10. The van der Waals surface area contributed by atoms with E-state index in [-0.39, 0.29) is 0 Å². The van der Waals surface area contributed by atoms with Crippen molar-refractivity contribution in [2.75, 3.05) is 6.61 Å². The van der Waals surface area contributed by atoms with E-state index in [0.29, 0.717) is 0 Å². The smallest absolute Gasteiger partial charge is 0.388 e. The molecule has 10 nitrogen and oxygen atoms in total. The first-order valence-corrected chi connectivity index (χ1v) is 6.55. The van der Waals surface area contributed by atoms with Gasteiger partial charge in [0.1, 0.15) is 24.4 Å². The highest BCUT2D eigenvalue weighted by atomic mass is 31.2. The zero-order chi connectivity index (χ0) is 15.4. The Morgan fingerprint density at radius 1 is 1.21 bits per heavy atom. The Hall–Kier alpha value is -0.710. The number of aliphatic hydroxyl groups excluding tert-OH is 3. The standard InChI is InChI=1S/C8H16NO9P/c1-3(10)6(12)5(9)8(14)7(13)4(11)2-18-19(15,16)17/h4-5,7-8,11,13-14H,2,9H2,1H3,(H2,15,16,17)/t4-,5+,7-,8-/m1/s1. The molecular weight excluding hydrogens is 285 g/mol. The fourth-order valence-electron chi connectivity index (χ4n) is 1.10. The Morgan fingerprint density at radius 3 is 2.05 bits per heavy atom. The first kappa shape index (κ1) is 18.3. The summed E-state index contributed by atoms with van der Waals surface area (Å²) in [6.45, 7) is -0.0852. The maximum absolute atomic E-state index is 11.1. The summed E-state index contributed by atoms with van der Waals surface area (Å²) < 4.78 is 14.3. The zero-order valence-corrected chi connectivity index (χ0v) is 10.8. The average Bonchev–Trinajstić information content (AvgIpc) is 2.30. The monoisotopic (exact) mass is 301 g/mol. The highest BCUT2D eigenvalue weighted by Crippen LogP contribution is 2.35. The van der Waals surface area contributed by atoms with Crippen LogP contribution in [-0.2, 0) is 18.7 Å². The molecule has 0 aromatic carbocycles. The van der Waals surface area contributed by atoms with Crippen molar-refractivity contribution in [3.8, 4) is 0 Å². The lowest BCUT2D eigenvalue weighted by Gasteiger charge is -2.25. The molecule has 0 aromatic rings. The number of carbonyl (C=O) groups excluding carboxylic acids is 2. The number of hydrogen-bond acceptors (Lipinski definition) is 8. The number of phosphoric ester groups is 1. The second kappa shape index (κ2) is 7.17. The lowest BCUT2D eigenvalue weighted by atomic mass is 9.97. The van der Waals surface area contributed by atoms with E-state index in [9.17, 15) is 29.5 Å². The molecule has 0 fully saturated rings. The molecule has 0 saturated carbocycles. The molecule has 0 aromatic heterocycles. The van der Waals surface area contributed by atoms with Crippen molar-refractivity contribution < 1.29 is 43.8 Å². The number of ketones is 2. The van der Waals surface area contributed by atoms with Gasteiger partial charge in [0.25, 0.3) is 0 Å². The molecule has 0 rings (SSSR count). The maximum Gasteiger partial charge on any atom is 0.469 e. The zero-order valence-electron chi connectivity index (χ0n) is 9.91. The molecule has 11 heteroatoms. The number of hydrogen-bond donors (Lipinski definition) is 6. The van der Waals surface area contributed by atoms with E-state index in [2.05, 4.69) is 4.52 Å². The molecule has 4 atom stereocenters. The number of rotatable bonds is 8. The van der Waals surface area contributed by atoms with Crippen LogP contribution in [-0.4, -0.2) is 67.6 Å². The van der Waals surface area contributed by atoms with Crippen molar-refractivity contribution in [2.45, 2.75) is 31.3 Å². The van der Waals surface area contributed by atoms with Gasteiger partial charge in [-0.2, -0.15) is 0 Å². The van der Waals surface area contributed by atoms with Gasteiger partial charge in [0.2, 0.25) is 5.78 Å². The molecule has 0 amide bonds. The number of phosphoric acid groups is 1. The number of Topliss-reactive ketones (excluding diaryl/α,β-unsaturated/α-hetero) is 2. The quantitative estimate of drug-likeness (QED) is 0.195. The Morgan fingerprint density at radius 2 is 1.68 bits per heavy atom. The van der Waals surface area contributed by atoms with Crippen LogP contribution >= 0.6 is 7.82 Å². The van der Waals surface area contributed by atoms with Gasteiger partial charge in [-0.25, -0.2) is 4.57 Å². The van der Waals surface area contributed by atoms with Gasteiger partial charge in [-0.3, -0.25) is 14.1 Å². The highest BCUT2D eigenvalue weighted by molar-refractivity contribution is 7.46. The third-order valence-electron chi connectivity index (χ3n) is 2.18. The normalized spacial score (nSPS) is 18.5. The number of carbonyl (C=O) groups is 2. The molecule has 0 heterocycles. The maximum atomic E-state index is 11.1. The fourth-order valence-corrected chi connectivity index (χ4v) is 1.45. The Bertz CT molecular complexity index is 380. The van der Waals surface area contributed by atoms with Crippen molar-refractivity contribution in [3.63, 3.8) is 0 Å². The van der Waals surface area contributed by atoms with E-state index in [1.807, 2.05) is 0 Å². The minimum Gasteiger partial charge on any atom is -0.388 e. The van der Waals surface area contributed by atoms with E-state index in [1.165, 1.54) is 0 Å². The molecule has 7 N–H and O–H groups in total. The second-order valence-corrected chi connectivity index (χ2v) is 5.02. The van der Waals surface area contributed by atoms with Crippen LogP contribution in [0.5, 0.6) is 0 Å². The lowest BCUT2D eigenvalue weighted by molar-refractivity contribution is -0.141. The Kier molecular flexibility index (Phi) is 6.91. The van der Waals surface area contributed by atoms with E-state index in [1.54, 1.807) is 0 Å². The van der Waals surface area contributed by atoms with Crippen LogP contribution in [0.2, 0.25) is 0 Å². The van der Waals surface area contributed by atoms with Crippen molar-refractivity contribution >= 4 is 19.4 Å². The molecule has 0 aliphatic rings. The first-order chi connectivity index (χ1) is 8.47. The summed E-state index contributed by atoms with van der Waals surface area (Å²) in [6, 6.07) is -1.77. The lowest BCUT2D eigenvalue weighted by Crippen LogP contribution is -2.54. The topological polar surface area (TPSA) is 188 Å². The number of aliphatic hydroxyl groups is 3. The van der Waals surface area contributed by atoms with Crippen LogP contribution in [0, 0.1) is 0 Å². The van der Waals surface area contributed by atoms with Crippen molar-refractivity contribution in [1.82, 2.24) is 0 Å². The van der Waals surface area contributed by atoms with Crippen LogP contribution in [0.4, 0.5) is 0 Å². The second-order valence-electron chi connectivity index (χ2n) is 3.78. The van der Waals surface area contributed by atoms with Gasteiger partial charge in [-0.05, 0) is 0 Å². The summed E-state index contributed by atoms with van der Waals surface area (Å²) >= 11 is 0. The van der Waals surface area contributed by atoms with Crippen molar-refractivity contribution in [2.24, 2.45) is 5.73 Å². The van der Waals surface area contributed by atoms with Gasteiger partial charge in [0.05, 0.1) is 6.61 Å². The van der Waals surface area contributed by atoms with Crippen LogP contribution in [0.15, 0.2) is 0 Å². The largest absolute Gasteiger partial charge is 0.469 e. The molecule has 0 bridgehead atoms. The van der Waals surface area contributed by atoms with Crippen LogP contribution < -0.4 is 5.73 Å². The van der Waals surface area contributed by atoms with Gasteiger partial charge in [-0.1, -0.05) is 0 Å². The molecule has 0 aliphatic heterocycles. The summed E-state index contributed by atoms with van der Waals surface area (Å²) in [6.07, 6.45) is -5.93. The molecule has 19 heavy (non-hydrogen) atoms. The van der Waals surface area contributed by atoms with E-state index in [4.69, 9.17) is 15.5 Å². The predicted molar refractivity (Wildman–Crippen MR) is 59.7 cm³/mol. The predicted octanol–water partition coefficient (Wildman–Crippen LogP) is -3.34. The van der Waals surface area contributed by atoms with Gasteiger partial charge in [-0.15, -0.1) is 0 Å². The van der Waals surface area contributed by atoms with Gasteiger partial charge >= 0.3 is 7.82 Å². The van der Waals surface area contributed by atoms with Gasteiger partial charge in [0, 0.05) is 6.92 Å². The summed E-state index contributed by atoms with van der Waals surface area (Å²) in [7, 11) is -4.85. The Balaban J connectivity index is 4.55. The van der Waals surface area contributed by atoms with E-state index < -0.39 is 50.3 Å². The van der Waals surface area contributed by atoms with Crippen molar-refractivity contribution in [3.05, 3.63) is 0 Å². The highest BCUT2D eigenvalue weighted by Gasteiger charge is 2.35. The van der Waals surface area contributed by atoms with Crippen molar-refractivity contribution in [1.29, 1.82) is 0 Å². The summed E-state index contributed by atoms with van der Waals surface area (Å²) in [5, 5.41) is 28.1. The molecule has 0 radical (unpaired) electrons. The molecule has 0 unspecified atom stereocenters.